The zero-order valence-corrected chi connectivity index (χ0v) is 14.8. The van der Waals surface area contributed by atoms with Crippen LogP contribution in [0.15, 0.2) is 30.6 Å². The second kappa shape index (κ2) is 6.04. The molecule has 1 aliphatic rings. The van der Waals surface area contributed by atoms with Crippen LogP contribution in [0.25, 0.3) is 10.9 Å². The Hall–Kier alpha value is -2.60. The maximum Gasteiger partial charge on any atom is 0.254 e. The van der Waals surface area contributed by atoms with Gasteiger partial charge in [0, 0.05) is 60.6 Å². The first-order chi connectivity index (χ1) is 12.0. The molecule has 1 unspecified atom stereocenters. The van der Waals surface area contributed by atoms with E-state index in [0.29, 0.717) is 6.54 Å². The lowest BCUT2D eigenvalue weighted by atomic mass is 10.0. The number of aryl methyl sites for hydroxylation is 3. The Bertz CT molecular complexity index is 939. The molecule has 6 nitrogen and oxygen atoms in total. The SMILES string of the molecule is Cc1[nH]c2ccc(C(=O)N3CCNCC3c3cnn(C)c3)cc2c1C. The molecule has 2 aromatic heterocycles. The number of amides is 1. The highest BCUT2D eigenvalue weighted by Gasteiger charge is 2.29. The fourth-order valence-corrected chi connectivity index (χ4v) is 3.62. The lowest BCUT2D eigenvalue weighted by Gasteiger charge is -2.36. The zero-order chi connectivity index (χ0) is 17.6. The Morgan fingerprint density at radius 2 is 2.16 bits per heavy atom. The average molecular weight is 337 g/mol. The molecule has 130 valence electrons. The summed E-state index contributed by atoms with van der Waals surface area (Å²) >= 11 is 0. The Labute approximate surface area is 146 Å². The minimum absolute atomic E-state index is 0.0136. The number of piperazine rings is 1. The Balaban J connectivity index is 1.69. The lowest BCUT2D eigenvalue weighted by molar-refractivity contribution is 0.0634. The van der Waals surface area contributed by atoms with Gasteiger partial charge in [-0.1, -0.05) is 0 Å². The molecule has 1 fully saturated rings. The van der Waals surface area contributed by atoms with Crippen LogP contribution < -0.4 is 5.32 Å². The Kier molecular flexibility index (Phi) is 3.84. The number of benzene rings is 1. The summed E-state index contributed by atoms with van der Waals surface area (Å²) in [6.07, 6.45) is 3.83. The molecule has 1 atom stereocenters. The molecular weight excluding hydrogens is 314 g/mol. The molecule has 1 aromatic carbocycles. The van der Waals surface area contributed by atoms with Crippen molar-refractivity contribution < 1.29 is 4.79 Å². The summed E-state index contributed by atoms with van der Waals surface area (Å²) in [5.41, 5.74) is 5.24. The number of H-pyrrole nitrogens is 1. The highest BCUT2D eigenvalue weighted by atomic mass is 16.2. The molecule has 2 N–H and O–H groups in total. The molecule has 0 radical (unpaired) electrons. The number of nitrogens with zero attached hydrogens (tertiary/aromatic N) is 3. The number of carbonyl (C=O) groups is 1. The van der Waals surface area contributed by atoms with Crippen molar-refractivity contribution in [3.63, 3.8) is 0 Å². The van der Waals surface area contributed by atoms with E-state index >= 15 is 0 Å². The van der Waals surface area contributed by atoms with E-state index in [4.69, 9.17) is 0 Å². The quantitative estimate of drug-likeness (QED) is 0.754. The van der Waals surface area contributed by atoms with Crippen molar-refractivity contribution in [2.24, 2.45) is 7.05 Å². The fraction of sp³-hybridized carbons (Fsp3) is 0.368. The van der Waals surface area contributed by atoms with Crippen LogP contribution in [0.2, 0.25) is 0 Å². The van der Waals surface area contributed by atoms with Gasteiger partial charge in [0.1, 0.15) is 0 Å². The first-order valence-electron chi connectivity index (χ1n) is 8.64. The number of aromatic nitrogens is 3. The van der Waals surface area contributed by atoms with Crippen LogP contribution in [-0.4, -0.2) is 45.2 Å². The summed E-state index contributed by atoms with van der Waals surface area (Å²) in [6.45, 7) is 6.41. The van der Waals surface area contributed by atoms with Gasteiger partial charge in [-0.15, -0.1) is 0 Å². The summed E-state index contributed by atoms with van der Waals surface area (Å²) in [7, 11) is 1.90. The largest absolute Gasteiger partial charge is 0.358 e. The number of rotatable bonds is 2. The van der Waals surface area contributed by atoms with Crippen molar-refractivity contribution in [2.45, 2.75) is 19.9 Å². The van der Waals surface area contributed by atoms with Crippen LogP contribution in [0, 0.1) is 13.8 Å². The van der Waals surface area contributed by atoms with Crippen molar-refractivity contribution in [3.05, 3.63) is 53.0 Å². The van der Waals surface area contributed by atoms with Crippen LogP contribution >= 0.6 is 0 Å². The predicted octanol–water partition coefficient (Wildman–Crippen LogP) is 2.30. The Morgan fingerprint density at radius 1 is 1.32 bits per heavy atom. The maximum atomic E-state index is 13.2. The molecule has 6 heteroatoms. The maximum absolute atomic E-state index is 13.2. The van der Waals surface area contributed by atoms with E-state index < -0.39 is 0 Å². The average Bonchev–Trinajstić information content (AvgIpc) is 3.18. The number of hydrogen-bond donors (Lipinski definition) is 2. The summed E-state index contributed by atoms with van der Waals surface area (Å²) in [4.78, 5) is 18.5. The van der Waals surface area contributed by atoms with Crippen molar-refractivity contribution in [1.82, 2.24) is 25.0 Å². The van der Waals surface area contributed by atoms with E-state index in [-0.39, 0.29) is 11.9 Å². The van der Waals surface area contributed by atoms with Gasteiger partial charge in [-0.05, 0) is 37.6 Å². The molecule has 3 heterocycles. The number of nitrogens with one attached hydrogen (secondary N) is 2. The third-order valence-electron chi connectivity index (χ3n) is 5.17. The van der Waals surface area contributed by atoms with E-state index in [1.165, 1.54) is 5.56 Å². The van der Waals surface area contributed by atoms with E-state index in [2.05, 4.69) is 29.2 Å². The molecule has 1 saturated heterocycles. The highest BCUT2D eigenvalue weighted by Crippen LogP contribution is 2.27. The van der Waals surface area contributed by atoms with Crippen molar-refractivity contribution in [1.29, 1.82) is 0 Å². The van der Waals surface area contributed by atoms with Gasteiger partial charge in [-0.3, -0.25) is 9.48 Å². The highest BCUT2D eigenvalue weighted by molar-refractivity contribution is 5.99. The summed E-state index contributed by atoms with van der Waals surface area (Å²) in [6, 6.07) is 5.95. The van der Waals surface area contributed by atoms with E-state index in [1.807, 2.05) is 42.5 Å². The molecule has 0 spiro atoms. The third-order valence-corrected chi connectivity index (χ3v) is 5.17. The molecule has 25 heavy (non-hydrogen) atoms. The minimum atomic E-state index is 0.0136. The van der Waals surface area contributed by atoms with Crippen molar-refractivity contribution in [3.8, 4) is 0 Å². The summed E-state index contributed by atoms with van der Waals surface area (Å²) < 4.78 is 1.78. The standard InChI is InChI=1S/C19H23N5O/c1-12-13(2)22-17-5-4-14(8-16(12)17)19(25)24-7-6-20-10-18(24)15-9-21-23(3)11-15/h4-5,8-9,11,18,20,22H,6-7,10H2,1-3H3. The van der Waals surface area contributed by atoms with E-state index in [9.17, 15) is 4.79 Å². The number of hydrogen-bond acceptors (Lipinski definition) is 3. The van der Waals surface area contributed by atoms with Crippen LogP contribution in [0.3, 0.4) is 0 Å². The second-order valence-corrected chi connectivity index (χ2v) is 6.80. The monoisotopic (exact) mass is 337 g/mol. The zero-order valence-electron chi connectivity index (χ0n) is 14.8. The summed E-state index contributed by atoms with van der Waals surface area (Å²) in [5, 5.41) is 8.77. The van der Waals surface area contributed by atoms with Gasteiger partial charge in [0.05, 0.1) is 12.2 Å². The fourth-order valence-electron chi connectivity index (χ4n) is 3.62. The second-order valence-electron chi connectivity index (χ2n) is 6.80. The van der Waals surface area contributed by atoms with E-state index in [1.54, 1.807) is 4.68 Å². The van der Waals surface area contributed by atoms with Crippen LogP contribution in [0.5, 0.6) is 0 Å². The first kappa shape index (κ1) is 15.9. The number of fused-ring (bicyclic) bond motifs is 1. The smallest absolute Gasteiger partial charge is 0.254 e. The normalized spacial score (nSPS) is 18.0. The third kappa shape index (κ3) is 2.72. The van der Waals surface area contributed by atoms with Gasteiger partial charge in [-0.25, -0.2) is 0 Å². The van der Waals surface area contributed by atoms with E-state index in [0.717, 1.165) is 40.8 Å². The molecule has 3 aromatic rings. The van der Waals surface area contributed by atoms with Crippen LogP contribution in [0.4, 0.5) is 0 Å². The molecule has 4 rings (SSSR count). The van der Waals surface area contributed by atoms with Crippen molar-refractivity contribution >= 4 is 16.8 Å². The molecule has 0 bridgehead atoms. The van der Waals surface area contributed by atoms with Crippen molar-refractivity contribution in [2.75, 3.05) is 19.6 Å². The first-order valence-corrected chi connectivity index (χ1v) is 8.64. The van der Waals surface area contributed by atoms with Gasteiger partial charge in [0.15, 0.2) is 0 Å². The Morgan fingerprint density at radius 3 is 2.92 bits per heavy atom. The van der Waals surface area contributed by atoms with Gasteiger partial charge >= 0.3 is 0 Å². The predicted molar refractivity (Wildman–Crippen MR) is 97.6 cm³/mol. The lowest BCUT2D eigenvalue weighted by Crippen LogP contribution is -2.48. The molecule has 0 saturated carbocycles. The van der Waals surface area contributed by atoms with Crippen LogP contribution in [0.1, 0.15) is 33.2 Å². The minimum Gasteiger partial charge on any atom is -0.358 e. The van der Waals surface area contributed by atoms with Gasteiger partial charge in [0.2, 0.25) is 0 Å². The topological polar surface area (TPSA) is 66.0 Å². The molecular formula is C19H23N5O. The van der Waals surface area contributed by atoms with Crippen LogP contribution in [-0.2, 0) is 7.05 Å². The molecule has 1 aliphatic heterocycles. The number of aromatic amines is 1. The molecule has 0 aliphatic carbocycles. The van der Waals surface area contributed by atoms with Gasteiger partial charge < -0.3 is 15.2 Å². The van der Waals surface area contributed by atoms with Gasteiger partial charge in [-0.2, -0.15) is 5.10 Å². The van der Waals surface area contributed by atoms with Gasteiger partial charge in [0.25, 0.3) is 5.91 Å². The number of carbonyl (C=O) groups excluding carboxylic acids is 1. The summed E-state index contributed by atoms with van der Waals surface area (Å²) in [5.74, 6) is 0.0792. The molecule has 1 amide bonds.